The summed E-state index contributed by atoms with van der Waals surface area (Å²) in [7, 11) is 0. The molecule has 3 aromatic heterocycles. The molecule has 0 atom stereocenters. The largest absolute Gasteiger partial charge is 0.468 e. The van der Waals surface area contributed by atoms with Gasteiger partial charge in [0.05, 0.1) is 12.8 Å². The number of aromatic amines is 1. The van der Waals surface area contributed by atoms with E-state index in [0.29, 0.717) is 6.04 Å². The maximum absolute atomic E-state index is 5.41. The molecule has 7 heteroatoms. The molecule has 0 amide bonds. The quantitative estimate of drug-likeness (QED) is 0.470. The Labute approximate surface area is 176 Å². The van der Waals surface area contributed by atoms with Gasteiger partial charge in [-0.15, -0.1) is 10.2 Å². The Kier molecular flexibility index (Phi) is 5.63. The maximum atomic E-state index is 5.41. The second-order valence-corrected chi connectivity index (χ2v) is 8.09. The van der Waals surface area contributed by atoms with Crippen LogP contribution in [0.3, 0.4) is 0 Å². The fourth-order valence-electron chi connectivity index (χ4n) is 4.38. The SMILES string of the molecule is c1coc(CNC2CCN(CCCc3c[nH]c4ccc(-n5cnnc5)cc34)CC2)c1. The van der Waals surface area contributed by atoms with Crippen molar-refractivity contribution < 1.29 is 4.42 Å². The summed E-state index contributed by atoms with van der Waals surface area (Å²) in [5, 5.41) is 12.7. The highest BCUT2D eigenvalue weighted by Gasteiger charge is 2.18. The van der Waals surface area contributed by atoms with Crippen molar-refractivity contribution in [1.29, 1.82) is 0 Å². The summed E-state index contributed by atoms with van der Waals surface area (Å²) in [6.45, 7) is 4.32. The molecule has 4 heterocycles. The van der Waals surface area contributed by atoms with Crippen molar-refractivity contribution in [3.8, 4) is 5.69 Å². The van der Waals surface area contributed by atoms with Crippen LogP contribution >= 0.6 is 0 Å². The number of nitrogens with zero attached hydrogens (tertiary/aromatic N) is 4. The fourth-order valence-corrected chi connectivity index (χ4v) is 4.38. The zero-order valence-electron chi connectivity index (χ0n) is 17.1. The minimum absolute atomic E-state index is 0.594. The Bertz CT molecular complexity index is 1040. The van der Waals surface area contributed by atoms with E-state index in [-0.39, 0.29) is 0 Å². The Balaban J connectivity index is 1.10. The number of H-pyrrole nitrogens is 1. The molecule has 1 fully saturated rings. The van der Waals surface area contributed by atoms with Gasteiger partial charge in [0.25, 0.3) is 0 Å². The summed E-state index contributed by atoms with van der Waals surface area (Å²) >= 11 is 0. The number of furan rings is 1. The second kappa shape index (κ2) is 8.85. The highest BCUT2D eigenvalue weighted by atomic mass is 16.3. The van der Waals surface area contributed by atoms with Gasteiger partial charge in [-0.2, -0.15) is 0 Å². The van der Waals surface area contributed by atoms with Crippen molar-refractivity contribution in [3.05, 3.63) is 66.8 Å². The van der Waals surface area contributed by atoms with Gasteiger partial charge in [-0.1, -0.05) is 0 Å². The average molecular weight is 405 g/mol. The molecule has 0 spiro atoms. The van der Waals surface area contributed by atoms with Crippen molar-refractivity contribution in [1.82, 2.24) is 30.0 Å². The first-order chi connectivity index (χ1) is 14.8. The monoisotopic (exact) mass is 404 g/mol. The van der Waals surface area contributed by atoms with Crippen LogP contribution in [0.5, 0.6) is 0 Å². The topological polar surface area (TPSA) is 74.9 Å². The summed E-state index contributed by atoms with van der Waals surface area (Å²) in [5.41, 5.74) is 3.66. The third kappa shape index (κ3) is 4.32. The van der Waals surface area contributed by atoms with E-state index in [4.69, 9.17) is 4.42 Å². The molecule has 2 N–H and O–H groups in total. The predicted molar refractivity (Wildman–Crippen MR) is 117 cm³/mol. The lowest BCUT2D eigenvalue weighted by molar-refractivity contribution is 0.194. The summed E-state index contributed by atoms with van der Waals surface area (Å²) in [5.74, 6) is 1.02. The molecular weight excluding hydrogens is 376 g/mol. The molecule has 156 valence electrons. The molecular formula is C23H28N6O. The summed E-state index contributed by atoms with van der Waals surface area (Å²) in [6, 6.07) is 11.0. The van der Waals surface area contributed by atoms with Crippen molar-refractivity contribution in [2.75, 3.05) is 19.6 Å². The van der Waals surface area contributed by atoms with Crippen LogP contribution < -0.4 is 5.32 Å². The minimum atomic E-state index is 0.594. The molecule has 1 aliphatic heterocycles. The first-order valence-electron chi connectivity index (χ1n) is 10.8. The lowest BCUT2D eigenvalue weighted by Gasteiger charge is -2.32. The van der Waals surface area contributed by atoms with E-state index < -0.39 is 0 Å². The Morgan fingerprint density at radius 2 is 2.00 bits per heavy atom. The number of likely N-dealkylation sites (tertiary alicyclic amines) is 1. The zero-order valence-corrected chi connectivity index (χ0v) is 17.1. The summed E-state index contributed by atoms with van der Waals surface area (Å²) in [6.07, 6.45) is 12.0. The number of fused-ring (bicyclic) bond motifs is 1. The highest BCUT2D eigenvalue weighted by molar-refractivity contribution is 5.85. The van der Waals surface area contributed by atoms with Crippen LogP contribution in [0.2, 0.25) is 0 Å². The number of rotatable bonds is 8. The van der Waals surface area contributed by atoms with E-state index in [1.165, 1.54) is 48.8 Å². The van der Waals surface area contributed by atoms with E-state index in [9.17, 15) is 0 Å². The molecule has 0 radical (unpaired) electrons. The van der Waals surface area contributed by atoms with Gasteiger partial charge in [-0.05, 0) is 81.2 Å². The Morgan fingerprint density at radius 3 is 2.80 bits per heavy atom. The van der Waals surface area contributed by atoms with E-state index in [0.717, 1.165) is 31.0 Å². The van der Waals surface area contributed by atoms with Crippen LogP contribution in [0.1, 0.15) is 30.6 Å². The van der Waals surface area contributed by atoms with Crippen molar-refractivity contribution >= 4 is 10.9 Å². The average Bonchev–Trinajstić information content (AvgIpc) is 3.55. The van der Waals surface area contributed by atoms with Gasteiger partial charge < -0.3 is 19.6 Å². The van der Waals surface area contributed by atoms with E-state index in [1.54, 1.807) is 18.9 Å². The van der Waals surface area contributed by atoms with Crippen LogP contribution in [0.4, 0.5) is 0 Å². The molecule has 30 heavy (non-hydrogen) atoms. The molecule has 0 saturated carbocycles. The highest BCUT2D eigenvalue weighted by Crippen LogP contribution is 2.23. The van der Waals surface area contributed by atoms with E-state index in [1.807, 2.05) is 16.7 Å². The molecule has 1 saturated heterocycles. The molecule has 0 unspecified atom stereocenters. The van der Waals surface area contributed by atoms with Crippen molar-refractivity contribution in [3.63, 3.8) is 0 Å². The minimum Gasteiger partial charge on any atom is -0.468 e. The fraction of sp³-hybridized carbons (Fsp3) is 0.391. The predicted octanol–water partition coefficient (Wildman–Crippen LogP) is 3.53. The lowest BCUT2D eigenvalue weighted by atomic mass is 10.0. The van der Waals surface area contributed by atoms with Gasteiger partial charge in [-0.25, -0.2) is 0 Å². The number of aryl methyl sites for hydroxylation is 1. The third-order valence-electron chi connectivity index (χ3n) is 6.12. The van der Waals surface area contributed by atoms with Gasteiger partial charge in [0.15, 0.2) is 0 Å². The van der Waals surface area contributed by atoms with Gasteiger partial charge in [-0.3, -0.25) is 4.57 Å². The van der Waals surface area contributed by atoms with Crippen LogP contribution in [-0.4, -0.2) is 50.3 Å². The molecule has 7 nitrogen and oxygen atoms in total. The first kappa shape index (κ1) is 19.1. The van der Waals surface area contributed by atoms with Gasteiger partial charge in [0, 0.05) is 28.8 Å². The number of hydrogen-bond donors (Lipinski definition) is 2. The van der Waals surface area contributed by atoms with Crippen LogP contribution in [0.15, 0.2) is 59.9 Å². The maximum Gasteiger partial charge on any atom is 0.123 e. The van der Waals surface area contributed by atoms with Gasteiger partial charge >= 0.3 is 0 Å². The van der Waals surface area contributed by atoms with Crippen molar-refractivity contribution in [2.45, 2.75) is 38.3 Å². The molecule has 1 aliphatic rings. The summed E-state index contributed by atoms with van der Waals surface area (Å²) < 4.78 is 7.35. The molecule has 0 aliphatic carbocycles. The van der Waals surface area contributed by atoms with E-state index in [2.05, 4.69) is 49.8 Å². The molecule has 4 aromatic rings. The first-order valence-corrected chi connectivity index (χ1v) is 10.8. The number of benzene rings is 1. The van der Waals surface area contributed by atoms with Gasteiger partial charge in [0.2, 0.25) is 0 Å². The third-order valence-corrected chi connectivity index (χ3v) is 6.12. The standard InChI is InChI=1S/C23H28N6O/c1(9-28-10-7-19(8-11-28)24-15-21-4-2-12-30-21)3-18-14-25-23-6-5-20(13-22(18)23)29-16-26-27-17-29/h2,4-6,12-14,16-17,19,24-25H,1,3,7-11,15H2. The van der Waals surface area contributed by atoms with E-state index >= 15 is 0 Å². The zero-order chi connectivity index (χ0) is 20.2. The number of piperidine rings is 1. The smallest absolute Gasteiger partial charge is 0.123 e. The Hall–Kier alpha value is -2.90. The Morgan fingerprint density at radius 1 is 1.13 bits per heavy atom. The van der Waals surface area contributed by atoms with Crippen LogP contribution in [-0.2, 0) is 13.0 Å². The lowest BCUT2D eigenvalue weighted by Crippen LogP contribution is -2.42. The summed E-state index contributed by atoms with van der Waals surface area (Å²) in [4.78, 5) is 6.01. The van der Waals surface area contributed by atoms with Crippen molar-refractivity contribution in [2.24, 2.45) is 0 Å². The van der Waals surface area contributed by atoms with Gasteiger partial charge in [0.1, 0.15) is 18.4 Å². The molecule has 1 aromatic carbocycles. The van der Waals surface area contributed by atoms with Crippen LogP contribution in [0, 0.1) is 0 Å². The molecule has 0 bridgehead atoms. The number of nitrogens with one attached hydrogen (secondary N) is 2. The van der Waals surface area contributed by atoms with Crippen LogP contribution in [0.25, 0.3) is 16.6 Å². The second-order valence-electron chi connectivity index (χ2n) is 8.09. The number of aromatic nitrogens is 4. The normalized spacial score (nSPS) is 15.9. The molecule has 5 rings (SSSR count). The number of hydrogen-bond acceptors (Lipinski definition) is 5.